The molecule has 18 heteroatoms. The number of esters is 3. The van der Waals surface area contributed by atoms with Crippen LogP contribution >= 0.6 is 0 Å². The zero-order valence-electron chi connectivity index (χ0n) is 70.0. The molecular formula is C97H105F3N6O9. The highest BCUT2D eigenvalue weighted by atomic mass is 19.1. The summed E-state index contributed by atoms with van der Waals surface area (Å²) in [5.74, 6) is -3.46. The van der Waals surface area contributed by atoms with E-state index in [1.54, 1.807) is 54.6 Å². The molecule has 0 aromatic heterocycles. The van der Waals surface area contributed by atoms with Crippen molar-refractivity contribution < 1.29 is 60.3 Å². The van der Waals surface area contributed by atoms with Crippen molar-refractivity contribution in [1.29, 1.82) is 0 Å². The molecule has 115 heavy (non-hydrogen) atoms. The third-order valence-electron chi connectivity index (χ3n) is 21.8. The zero-order chi connectivity index (χ0) is 84.3. The molecule has 9 aromatic carbocycles. The van der Waals surface area contributed by atoms with Crippen LogP contribution in [0.1, 0.15) is 127 Å². The van der Waals surface area contributed by atoms with Gasteiger partial charge in [-0.3, -0.25) is 14.4 Å². The van der Waals surface area contributed by atoms with E-state index in [2.05, 4.69) is 62.7 Å². The van der Waals surface area contributed by atoms with E-state index >= 15 is 4.39 Å². The Bertz CT molecular complexity index is 5050. The topological polar surface area (TPSA) is 150 Å². The molecule has 13 rings (SSSR count). The third-order valence-corrected chi connectivity index (χ3v) is 21.8. The Kier molecular flexibility index (Phi) is 28.0. The van der Waals surface area contributed by atoms with Gasteiger partial charge < -0.3 is 43.6 Å². The van der Waals surface area contributed by atoms with Crippen LogP contribution in [0.15, 0.2) is 218 Å². The van der Waals surface area contributed by atoms with Crippen LogP contribution in [0.25, 0.3) is 51.6 Å². The summed E-state index contributed by atoms with van der Waals surface area (Å²) in [6.07, 6.45) is 21.3. The van der Waals surface area contributed by atoms with E-state index in [4.69, 9.17) is 2.74 Å². The van der Waals surface area contributed by atoms with Gasteiger partial charge in [0.25, 0.3) is 0 Å². The Hall–Kier alpha value is -11.8. The predicted molar refractivity (Wildman–Crippen MR) is 457 cm³/mol. The smallest absolute Gasteiger partial charge is 0.330 e. The molecule has 9 aromatic rings. The lowest BCUT2D eigenvalue weighted by Gasteiger charge is -2.30. The lowest BCUT2D eigenvalue weighted by Crippen LogP contribution is -2.38. The highest BCUT2D eigenvalue weighted by molar-refractivity contribution is 5.98. The van der Waals surface area contributed by atoms with Crippen LogP contribution in [-0.2, 0) is 62.5 Å². The Morgan fingerprint density at radius 1 is 0.374 bits per heavy atom. The van der Waals surface area contributed by atoms with Crippen LogP contribution in [-0.4, -0.2) is 99.2 Å². The van der Waals surface area contributed by atoms with Gasteiger partial charge >= 0.3 is 17.9 Å². The predicted octanol–water partition coefficient (Wildman–Crippen LogP) is 20.4. The Labute approximate surface area is 679 Å². The lowest BCUT2D eigenvalue weighted by atomic mass is 9.87. The van der Waals surface area contributed by atoms with Gasteiger partial charge in [0, 0.05) is 118 Å². The fourth-order valence-corrected chi connectivity index (χ4v) is 15.4. The van der Waals surface area contributed by atoms with E-state index in [-0.39, 0.29) is 41.0 Å². The number of carbonyl (C=O) groups excluding carboxylic acids is 6. The standard InChI is InChI=1S/C33H35FN2O3.2C32H35FN2O3/c1-35(2)29-13-11-26(12-14-29)25-8-4-22(5-9-25)21-36(33(38)31-19-23-6-10-27(31)16-23)30-18-24(17-28(34)20-30)7-15-32(37)39-3;1-34(2)28-17-15-24(16-18-28)26-13-14-27(30(33)21-26)22-35(32(37)25-9-5-4-6-10-25)29-11-7-8-23(20-29)12-19-31(36)38-3;1-34(2)29-16-14-26(15-17-29)25-12-9-23(10-13-25)22-35(32(37)27-7-5-4-6-8-27)30-20-24(19-28(33)21-30)11-18-31(36)38-3/h4-5,7-9,11-15,17-18,20,23,27,31H,6,10,16,19,21H2,1-3H3;7-8,11-21,25H,4-6,9-10,22H2,1-3H3;9-21,27H,4-8,22H2,1-3H3/b15-7+;19-12+;18-11+/t23-,27+,31-;;/m1../s1/i21D;2*22D/t21?,23-,27+,31-;;. The number of fused-ring (bicyclic) bond motifs is 2. The minimum atomic E-state index is -1.27. The number of methoxy groups -OCH3 is 3. The molecule has 3 amide bonds. The molecule has 0 N–H and O–H groups in total. The van der Waals surface area contributed by atoms with Crippen molar-refractivity contribution in [3.8, 4) is 33.4 Å². The van der Waals surface area contributed by atoms with Crippen LogP contribution in [0.2, 0.25) is 0 Å². The molecule has 0 radical (unpaired) electrons. The van der Waals surface area contributed by atoms with Gasteiger partial charge in [-0.05, 0) is 227 Å². The normalized spacial score (nSPS) is 17.1. The van der Waals surface area contributed by atoms with Crippen LogP contribution < -0.4 is 29.4 Å². The number of hydrogen-bond donors (Lipinski definition) is 0. The number of nitrogens with zero attached hydrogens (tertiary/aromatic N) is 6. The second kappa shape index (κ2) is 40.3. The molecule has 4 fully saturated rings. The molecule has 6 atom stereocenters. The summed E-state index contributed by atoms with van der Waals surface area (Å²) in [5.41, 5.74) is 12.9. The highest BCUT2D eigenvalue weighted by Gasteiger charge is 2.45. The van der Waals surface area contributed by atoms with Crippen LogP contribution in [0.4, 0.5) is 47.3 Å². The largest absolute Gasteiger partial charge is 0.466 e. The lowest BCUT2D eigenvalue weighted by molar-refractivity contribution is -0.135. The molecule has 598 valence electrons. The second-order valence-corrected chi connectivity index (χ2v) is 30.4. The SMILES string of the molecule is [2H]C(c1ccc(-c2ccc(N(C)C)cc2)cc1)N(C(=O)C1CCCCC1)c1cc(F)cc(/C=C/C(=O)OC)c1.[2H]C(c1ccc(-c2ccc(N(C)C)cc2)cc1)N(C(=O)[C@@H]1C[C@@H]2CC[C@H]1C2)c1cc(F)cc(/C=C/C(=O)OC)c1.[2H]C(c1ccc(-c2ccc(N(C)C)cc2)cc1F)N(C(=O)C1CCCCC1)c1cccc(/C=C/C(=O)OC)c1. The van der Waals surface area contributed by atoms with Crippen molar-refractivity contribution >= 4 is 88.0 Å². The van der Waals surface area contributed by atoms with Gasteiger partial charge in [0.05, 0.1) is 45.0 Å². The van der Waals surface area contributed by atoms with Crippen molar-refractivity contribution in [2.45, 2.75) is 109 Å². The first-order chi connectivity index (χ1) is 56.8. The summed E-state index contributed by atoms with van der Waals surface area (Å²) in [5, 5.41) is 0. The number of ether oxygens (including phenoxy) is 3. The van der Waals surface area contributed by atoms with Gasteiger partial charge in [0.2, 0.25) is 17.7 Å². The van der Waals surface area contributed by atoms with Gasteiger partial charge in [-0.1, -0.05) is 154 Å². The Balaban J connectivity index is 0.000000174. The van der Waals surface area contributed by atoms with Crippen LogP contribution in [0.3, 0.4) is 0 Å². The number of benzene rings is 9. The van der Waals surface area contributed by atoms with Crippen LogP contribution in [0, 0.1) is 47.0 Å². The van der Waals surface area contributed by atoms with Crippen LogP contribution in [0.5, 0.6) is 0 Å². The maximum absolute atomic E-state index is 15.6. The zero-order valence-corrected chi connectivity index (χ0v) is 67.0. The Morgan fingerprint density at radius 2 is 0.748 bits per heavy atom. The van der Waals surface area contributed by atoms with E-state index in [1.807, 2.05) is 130 Å². The molecule has 2 bridgehead atoms. The van der Waals surface area contributed by atoms with Crippen molar-refractivity contribution in [3.05, 3.63) is 269 Å². The molecular weight excluding hydrogens is 1450 g/mol. The van der Waals surface area contributed by atoms with E-state index in [9.17, 15) is 38.9 Å². The van der Waals surface area contributed by atoms with E-state index in [0.717, 1.165) is 135 Å². The molecule has 15 nitrogen and oxygen atoms in total. The third kappa shape index (κ3) is 23.0. The number of rotatable bonds is 24. The monoisotopic (exact) mass is 1560 g/mol. The number of hydrogen-bond acceptors (Lipinski definition) is 12. The fraction of sp³-hybridized carbons (Fsp3) is 0.320. The minimum absolute atomic E-state index is 0.128. The van der Waals surface area contributed by atoms with Gasteiger partial charge in [0.1, 0.15) is 17.5 Å². The number of carbonyl (C=O) groups is 6. The number of amides is 3. The summed E-state index contributed by atoms with van der Waals surface area (Å²) in [6.45, 7) is -3.40. The highest BCUT2D eigenvalue weighted by Crippen LogP contribution is 2.49. The summed E-state index contributed by atoms with van der Waals surface area (Å²) in [7, 11) is 15.8. The molecule has 3 unspecified atom stereocenters. The van der Waals surface area contributed by atoms with Gasteiger partial charge in [-0.15, -0.1) is 0 Å². The quantitative estimate of drug-likeness (QED) is 0.0322. The molecule has 0 spiro atoms. The van der Waals surface area contributed by atoms with Gasteiger partial charge in [-0.25, -0.2) is 27.6 Å². The maximum Gasteiger partial charge on any atom is 0.330 e. The molecule has 4 aliphatic rings. The van der Waals surface area contributed by atoms with E-state index in [1.165, 1.54) is 96.7 Å². The van der Waals surface area contributed by atoms with Gasteiger partial charge in [-0.2, -0.15) is 0 Å². The minimum Gasteiger partial charge on any atom is -0.466 e. The second-order valence-electron chi connectivity index (χ2n) is 30.4. The summed E-state index contributed by atoms with van der Waals surface area (Å²) in [6, 6.07) is 59.8. The van der Waals surface area contributed by atoms with Gasteiger partial charge in [0.15, 0.2) is 0 Å². The molecule has 0 aliphatic heterocycles. The Morgan fingerprint density at radius 3 is 1.13 bits per heavy atom. The van der Waals surface area contributed by atoms with Crippen molar-refractivity contribution in [3.63, 3.8) is 0 Å². The number of anilines is 6. The summed E-state index contributed by atoms with van der Waals surface area (Å²) >= 11 is 0. The first-order valence-electron chi connectivity index (χ1n) is 41.1. The van der Waals surface area contributed by atoms with Crippen molar-refractivity contribution in [2.75, 3.05) is 93.0 Å². The fourth-order valence-electron chi connectivity index (χ4n) is 15.4. The van der Waals surface area contributed by atoms with E-state index < -0.39 is 54.9 Å². The molecule has 0 saturated heterocycles. The number of halogens is 3. The van der Waals surface area contributed by atoms with Crippen molar-refractivity contribution in [1.82, 2.24) is 0 Å². The average molecular weight is 1560 g/mol. The first kappa shape index (κ1) is 79.8. The first-order valence-corrected chi connectivity index (χ1v) is 39.4. The van der Waals surface area contributed by atoms with Crippen molar-refractivity contribution in [2.24, 2.45) is 29.6 Å². The average Bonchev–Trinajstić information content (AvgIpc) is 1.47. The molecule has 0 heterocycles. The molecule has 4 aliphatic carbocycles. The molecule has 4 saturated carbocycles. The summed E-state index contributed by atoms with van der Waals surface area (Å²) in [4.78, 5) is 86.7. The van der Waals surface area contributed by atoms with E-state index in [0.29, 0.717) is 62.3 Å². The maximum atomic E-state index is 15.6. The summed E-state index contributed by atoms with van der Waals surface area (Å²) < 4.78 is 86.5.